The summed E-state index contributed by atoms with van der Waals surface area (Å²) in [5.41, 5.74) is 0.647. The largest absolute Gasteiger partial charge is 0.492 e. The van der Waals surface area contributed by atoms with E-state index < -0.39 is 10.0 Å². The molecule has 0 unspecified atom stereocenters. The summed E-state index contributed by atoms with van der Waals surface area (Å²) in [4.78, 5) is 14.1. The van der Waals surface area contributed by atoms with Crippen LogP contribution in [0.4, 0.5) is 5.69 Å². The number of benzene rings is 1. The molecule has 0 bridgehead atoms. The third kappa shape index (κ3) is 5.19. The van der Waals surface area contributed by atoms with Crippen LogP contribution < -0.4 is 10.1 Å². The Hall–Kier alpha value is -1.64. The van der Waals surface area contributed by atoms with E-state index >= 15 is 0 Å². The van der Waals surface area contributed by atoms with E-state index in [1.54, 1.807) is 6.07 Å². The number of carbonyl (C=O) groups excluding carboxylic acids is 1. The first kappa shape index (κ1) is 17.7. The molecule has 23 heavy (non-hydrogen) atoms. The molecule has 0 radical (unpaired) electrons. The lowest BCUT2D eigenvalue weighted by atomic mass is 10.3. The Morgan fingerprint density at radius 1 is 1.22 bits per heavy atom. The zero-order valence-electron chi connectivity index (χ0n) is 13.5. The Kier molecular flexibility index (Phi) is 5.97. The highest BCUT2D eigenvalue weighted by Crippen LogP contribution is 2.23. The summed E-state index contributed by atoms with van der Waals surface area (Å²) < 4.78 is 29.9. The SMILES string of the molecule is CCOc1ccccc1NC(=O)CN1CCN(S(C)(=O)=O)CC1. The molecule has 0 saturated carbocycles. The molecule has 0 atom stereocenters. The molecule has 0 aromatic heterocycles. The highest BCUT2D eigenvalue weighted by Gasteiger charge is 2.24. The van der Waals surface area contributed by atoms with Crippen molar-refractivity contribution in [2.45, 2.75) is 6.92 Å². The third-order valence-electron chi connectivity index (χ3n) is 3.63. The first-order valence-electron chi connectivity index (χ1n) is 7.59. The van der Waals surface area contributed by atoms with Crippen LogP contribution in [0.2, 0.25) is 0 Å². The molecule has 0 spiro atoms. The van der Waals surface area contributed by atoms with Crippen molar-refractivity contribution in [1.82, 2.24) is 9.21 Å². The van der Waals surface area contributed by atoms with Crippen LogP contribution in [0.1, 0.15) is 6.92 Å². The molecule has 0 aliphatic carbocycles. The van der Waals surface area contributed by atoms with Crippen LogP contribution in [0.3, 0.4) is 0 Å². The first-order chi connectivity index (χ1) is 10.9. The van der Waals surface area contributed by atoms with Gasteiger partial charge in [0.05, 0.1) is 25.1 Å². The summed E-state index contributed by atoms with van der Waals surface area (Å²) in [6.45, 7) is 4.59. The summed E-state index contributed by atoms with van der Waals surface area (Å²) in [6.07, 6.45) is 1.21. The summed E-state index contributed by atoms with van der Waals surface area (Å²) in [5, 5.41) is 2.85. The predicted molar refractivity (Wildman–Crippen MR) is 89.1 cm³/mol. The van der Waals surface area contributed by atoms with Gasteiger partial charge in [0.2, 0.25) is 15.9 Å². The molecule has 2 rings (SSSR count). The lowest BCUT2D eigenvalue weighted by molar-refractivity contribution is -0.117. The highest BCUT2D eigenvalue weighted by molar-refractivity contribution is 7.88. The van der Waals surface area contributed by atoms with Gasteiger partial charge in [0.25, 0.3) is 0 Å². The number of ether oxygens (including phenoxy) is 1. The number of piperazine rings is 1. The van der Waals surface area contributed by atoms with Gasteiger partial charge in [0.1, 0.15) is 5.75 Å². The maximum absolute atomic E-state index is 12.2. The average Bonchev–Trinajstić information content (AvgIpc) is 2.49. The van der Waals surface area contributed by atoms with Gasteiger partial charge < -0.3 is 10.1 Å². The highest BCUT2D eigenvalue weighted by atomic mass is 32.2. The maximum Gasteiger partial charge on any atom is 0.238 e. The molecule has 1 amide bonds. The van der Waals surface area contributed by atoms with Crippen LogP contribution in [0.5, 0.6) is 5.75 Å². The number of carbonyl (C=O) groups is 1. The Morgan fingerprint density at radius 3 is 2.48 bits per heavy atom. The van der Waals surface area contributed by atoms with Gasteiger partial charge in [-0.15, -0.1) is 0 Å². The normalized spacial score (nSPS) is 17.0. The molecular formula is C15H23N3O4S. The minimum Gasteiger partial charge on any atom is -0.492 e. The fourth-order valence-electron chi connectivity index (χ4n) is 2.46. The zero-order valence-corrected chi connectivity index (χ0v) is 14.3. The molecule has 1 aliphatic heterocycles. The minimum atomic E-state index is -3.15. The Labute approximate surface area is 137 Å². The number of hydrogen-bond acceptors (Lipinski definition) is 5. The molecular weight excluding hydrogens is 318 g/mol. The number of amides is 1. The van der Waals surface area contributed by atoms with Gasteiger partial charge in [-0.1, -0.05) is 12.1 Å². The van der Waals surface area contributed by atoms with Gasteiger partial charge in [0.15, 0.2) is 0 Å². The minimum absolute atomic E-state index is 0.134. The molecule has 1 aromatic rings. The molecule has 1 aromatic carbocycles. The van der Waals surface area contributed by atoms with E-state index in [9.17, 15) is 13.2 Å². The van der Waals surface area contributed by atoms with Crippen LogP contribution >= 0.6 is 0 Å². The Bertz CT molecular complexity index is 640. The smallest absolute Gasteiger partial charge is 0.238 e. The van der Waals surface area contributed by atoms with Gasteiger partial charge >= 0.3 is 0 Å². The van der Waals surface area contributed by atoms with E-state index in [1.165, 1.54) is 10.6 Å². The van der Waals surface area contributed by atoms with E-state index in [-0.39, 0.29) is 12.5 Å². The van der Waals surface area contributed by atoms with E-state index in [2.05, 4.69) is 5.32 Å². The van der Waals surface area contributed by atoms with E-state index in [0.29, 0.717) is 44.2 Å². The summed E-state index contributed by atoms with van der Waals surface area (Å²) >= 11 is 0. The lowest BCUT2D eigenvalue weighted by Gasteiger charge is -2.32. The number of para-hydroxylation sites is 2. The number of anilines is 1. The second kappa shape index (κ2) is 7.76. The molecule has 1 aliphatic rings. The topological polar surface area (TPSA) is 79.0 Å². The van der Waals surface area contributed by atoms with E-state index in [4.69, 9.17) is 4.74 Å². The predicted octanol–water partition coefficient (Wildman–Crippen LogP) is 0.601. The van der Waals surface area contributed by atoms with Crippen LogP contribution in [0, 0.1) is 0 Å². The molecule has 1 fully saturated rings. The van der Waals surface area contributed by atoms with Crippen molar-refractivity contribution in [3.63, 3.8) is 0 Å². The Morgan fingerprint density at radius 2 is 1.87 bits per heavy atom. The summed E-state index contributed by atoms with van der Waals surface area (Å²) in [7, 11) is -3.15. The zero-order chi connectivity index (χ0) is 16.9. The van der Waals surface area contributed by atoms with Gasteiger partial charge in [-0.3, -0.25) is 9.69 Å². The fraction of sp³-hybridized carbons (Fsp3) is 0.533. The second-order valence-electron chi connectivity index (χ2n) is 5.42. The molecule has 1 heterocycles. The van der Waals surface area contributed by atoms with Crippen LogP contribution in [0.15, 0.2) is 24.3 Å². The van der Waals surface area contributed by atoms with Crippen molar-refractivity contribution < 1.29 is 17.9 Å². The number of nitrogens with zero attached hydrogens (tertiary/aromatic N) is 2. The second-order valence-corrected chi connectivity index (χ2v) is 7.40. The first-order valence-corrected chi connectivity index (χ1v) is 9.44. The number of rotatable bonds is 6. The maximum atomic E-state index is 12.2. The third-order valence-corrected chi connectivity index (χ3v) is 4.93. The number of nitrogens with one attached hydrogen (secondary N) is 1. The fourth-order valence-corrected chi connectivity index (χ4v) is 3.29. The quantitative estimate of drug-likeness (QED) is 0.820. The molecule has 8 heteroatoms. The summed E-state index contributed by atoms with van der Waals surface area (Å²) in [5.74, 6) is 0.509. The lowest BCUT2D eigenvalue weighted by Crippen LogP contribution is -2.50. The van der Waals surface area contributed by atoms with Crippen LogP contribution in [0.25, 0.3) is 0 Å². The van der Waals surface area contributed by atoms with Crippen molar-refractivity contribution in [2.24, 2.45) is 0 Å². The molecule has 1 N–H and O–H groups in total. The van der Waals surface area contributed by atoms with Gasteiger partial charge in [0, 0.05) is 26.2 Å². The van der Waals surface area contributed by atoms with Crippen molar-refractivity contribution in [2.75, 3.05) is 50.9 Å². The van der Waals surface area contributed by atoms with Crippen molar-refractivity contribution in [3.05, 3.63) is 24.3 Å². The molecule has 128 valence electrons. The standard InChI is InChI=1S/C15H23N3O4S/c1-3-22-14-7-5-4-6-13(14)16-15(19)12-17-8-10-18(11-9-17)23(2,20)21/h4-7H,3,8-12H2,1-2H3,(H,16,19). The summed E-state index contributed by atoms with van der Waals surface area (Å²) in [6, 6.07) is 7.29. The van der Waals surface area contributed by atoms with Gasteiger partial charge in [-0.25, -0.2) is 8.42 Å². The van der Waals surface area contributed by atoms with Crippen molar-refractivity contribution >= 4 is 21.6 Å². The van der Waals surface area contributed by atoms with Crippen molar-refractivity contribution in [1.29, 1.82) is 0 Å². The van der Waals surface area contributed by atoms with Crippen LogP contribution in [-0.4, -0.2) is 69.1 Å². The number of sulfonamides is 1. The average molecular weight is 341 g/mol. The van der Waals surface area contributed by atoms with Gasteiger partial charge in [-0.05, 0) is 19.1 Å². The Balaban J connectivity index is 1.87. The van der Waals surface area contributed by atoms with Crippen molar-refractivity contribution in [3.8, 4) is 5.75 Å². The van der Waals surface area contributed by atoms with E-state index in [0.717, 1.165) is 0 Å². The molecule has 1 saturated heterocycles. The van der Waals surface area contributed by atoms with Gasteiger partial charge in [-0.2, -0.15) is 4.31 Å². The van der Waals surface area contributed by atoms with E-state index in [1.807, 2.05) is 30.0 Å². The van der Waals surface area contributed by atoms with Crippen LogP contribution in [-0.2, 0) is 14.8 Å². The molecule has 7 nitrogen and oxygen atoms in total. The number of hydrogen-bond donors (Lipinski definition) is 1. The monoisotopic (exact) mass is 341 g/mol.